The van der Waals surface area contributed by atoms with Crippen LogP contribution in [0.3, 0.4) is 0 Å². The highest BCUT2D eigenvalue weighted by Crippen LogP contribution is 2.14. The van der Waals surface area contributed by atoms with Crippen LogP contribution in [0.1, 0.15) is 64.7 Å². The van der Waals surface area contributed by atoms with Crippen molar-refractivity contribution in [2.24, 2.45) is 21.5 Å². The first-order valence-corrected chi connectivity index (χ1v) is 14.2. The van der Waals surface area contributed by atoms with Crippen LogP contribution in [0.4, 0.5) is 31.1 Å². The molecule has 0 aromatic rings. The summed E-state index contributed by atoms with van der Waals surface area (Å²) in [4.78, 5) is 51.8. The van der Waals surface area contributed by atoms with E-state index in [1.807, 2.05) is 19.1 Å². The van der Waals surface area contributed by atoms with Gasteiger partial charge in [-0.15, -0.1) is 0 Å². The molecule has 0 aromatic heterocycles. The summed E-state index contributed by atoms with van der Waals surface area (Å²) in [5.74, 6) is -5.28. The summed E-state index contributed by atoms with van der Waals surface area (Å²) < 4.78 is 68.6. The number of nitrogens with two attached hydrogens (primary N) is 2. The molecule has 0 saturated carbocycles. The first-order chi connectivity index (χ1) is 21.4. The molecule has 20 heteroatoms. The van der Waals surface area contributed by atoms with Crippen molar-refractivity contribution >= 4 is 35.9 Å². The molecule has 0 aliphatic carbocycles. The Morgan fingerprint density at radius 1 is 1.02 bits per heavy atom. The van der Waals surface area contributed by atoms with E-state index in [1.165, 1.54) is 0 Å². The maximum Gasteiger partial charge on any atom is 0.490 e. The number of allylic oxidation sites excluding steroid dienone is 1. The predicted octanol–water partition coefficient (Wildman–Crippen LogP) is 3.13. The molecule has 1 aliphatic rings. The van der Waals surface area contributed by atoms with Gasteiger partial charge in [-0.3, -0.25) is 15.1 Å². The van der Waals surface area contributed by atoms with Gasteiger partial charge in [-0.05, 0) is 32.6 Å². The number of ether oxygens (including phenoxy) is 1. The number of nitrogens with one attached hydrogen (secondary N) is 2. The maximum absolute atomic E-state index is 12.5. The standard InChI is InChI=1S/C22H41N7O3.2C2HF3O2/c1-2-3-13-25-20(23)26-14-8-6-4-5-7-9-16-29-17-10-11-18-32-19(30)12-15-27-21(24)28-22(29)31;2*3-2(4,5)1(6)7/h2-3H,4-18H2,1H3,(H3,23,25,26)(H3,24,27,28,31);2*(H,6,7)/b3-2+;;. The van der Waals surface area contributed by atoms with Crippen LogP contribution in [0, 0.1) is 0 Å². The first-order valence-electron chi connectivity index (χ1n) is 14.2. The van der Waals surface area contributed by atoms with Gasteiger partial charge in [-0.25, -0.2) is 19.4 Å². The molecule has 0 unspecified atom stereocenters. The number of guanidine groups is 2. The highest BCUT2D eigenvalue weighted by atomic mass is 19.4. The molecule has 0 spiro atoms. The van der Waals surface area contributed by atoms with Gasteiger partial charge in [0.15, 0.2) is 11.9 Å². The zero-order valence-electron chi connectivity index (χ0n) is 25.5. The molecule has 0 bridgehead atoms. The third kappa shape index (κ3) is 27.3. The lowest BCUT2D eigenvalue weighted by Gasteiger charge is -2.23. The number of urea groups is 1. The van der Waals surface area contributed by atoms with Crippen molar-refractivity contribution < 1.29 is 60.5 Å². The molecule has 0 aromatic carbocycles. The number of hydrogen-bond acceptors (Lipinski definition) is 8. The number of alkyl halides is 6. The van der Waals surface area contributed by atoms with Crippen molar-refractivity contribution in [1.82, 2.24) is 15.5 Å². The third-order valence-electron chi connectivity index (χ3n) is 5.45. The molecule has 0 atom stereocenters. The number of amides is 2. The van der Waals surface area contributed by atoms with Gasteiger partial charge in [-0.1, -0.05) is 37.8 Å². The SMILES string of the molecule is C/C=C/CN=C(N)NCCCCCCCCN1CCCCOC(=O)CCN=C(N)NC1=O.O=C(O)C(F)(F)F.O=C(O)C(F)(F)F. The minimum Gasteiger partial charge on any atom is -0.475 e. The molecule has 46 heavy (non-hydrogen) atoms. The number of carbonyl (C=O) groups is 4. The lowest BCUT2D eigenvalue weighted by atomic mass is 10.1. The monoisotopic (exact) mass is 679 g/mol. The highest BCUT2D eigenvalue weighted by molar-refractivity contribution is 5.95. The van der Waals surface area contributed by atoms with Crippen LogP contribution < -0.4 is 22.1 Å². The minimum absolute atomic E-state index is 0.0353. The number of aliphatic carboxylic acids is 2. The van der Waals surface area contributed by atoms with Crippen molar-refractivity contribution in [3.05, 3.63) is 12.2 Å². The molecule has 8 N–H and O–H groups in total. The Morgan fingerprint density at radius 3 is 2.11 bits per heavy atom. The number of halogens is 6. The quantitative estimate of drug-likeness (QED) is 0.0468. The maximum atomic E-state index is 12.5. The average Bonchev–Trinajstić information content (AvgIpc) is 2.95. The van der Waals surface area contributed by atoms with Crippen LogP contribution in [-0.2, 0) is 19.1 Å². The van der Waals surface area contributed by atoms with E-state index in [0.29, 0.717) is 32.2 Å². The van der Waals surface area contributed by atoms with Gasteiger partial charge < -0.3 is 36.6 Å². The Kier molecular flexibility index (Phi) is 23.8. The summed E-state index contributed by atoms with van der Waals surface area (Å²) in [6.45, 7) is 5.23. The number of carboxylic acids is 2. The fourth-order valence-corrected chi connectivity index (χ4v) is 3.14. The Labute approximate surface area is 262 Å². The van der Waals surface area contributed by atoms with Crippen LogP contribution >= 0.6 is 0 Å². The molecular formula is C26H43F6N7O7. The largest absolute Gasteiger partial charge is 0.490 e. The summed E-state index contributed by atoms with van der Waals surface area (Å²) in [5.41, 5.74) is 11.5. The number of carboxylic acid groups (broad SMARTS) is 2. The first kappa shape index (κ1) is 43.9. The lowest BCUT2D eigenvalue weighted by Crippen LogP contribution is -2.46. The summed E-state index contributed by atoms with van der Waals surface area (Å²) >= 11 is 0. The van der Waals surface area contributed by atoms with Gasteiger partial charge in [-0.2, -0.15) is 26.3 Å². The summed E-state index contributed by atoms with van der Waals surface area (Å²) in [6, 6.07) is -0.238. The fourth-order valence-electron chi connectivity index (χ4n) is 3.14. The molecule has 0 saturated heterocycles. The van der Waals surface area contributed by atoms with Gasteiger partial charge in [0.25, 0.3) is 0 Å². The molecule has 1 aliphatic heterocycles. The molecule has 2 amide bonds. The molecule has 1 rings (SSSR count). The number of cyclic esters (lactones) is 1. The van der Waals surface area contributed by atoms with Crippen LogP contribution in [0.5, 0.6) is 0 Å². The number of esters is 1. The number of rotatable bonds is 11. The van der Waals surface area contributed by atoms with E-state index in [0.717, 1.165) is 57.9 Å². The van der Waals surface area contributed by atoms with E-state index < -0.39 is 24.3 Å². The summed E-state index contributed by atoms with van der Waals surface area (Å²) in [6.07, 6.45) is 1.84. The van der Waals surface area contributed by atoms with E-state index in [-0.39, 0.29) is 30.9 Å². The van der Waals surface area contributed by atoms with E-state index in [1.54, 1.807) is 4.90 Å². The van der Waals surface area contributed by atoms with Gasteiger partial charge >= 0.3 is 36.3 Å². The predicted molar refractivity (Wildman–Crippen MR) is 156 cm³/mol. The van der Waals surface area contributed by atoms with Gasteiger partial charge in [0, 0.05) is 19.6 Å². The van der Waals surface area contributed by atoms with Crippen LogP contribution in [0.2, 0.25) is 0 Å². The third-order valence-corrected chi connectivity index (χ3v) is 5.45. The summed E-state index contributed by atoms with van der Waals surface area (Å²) in [5, 5.41) is 20.0. The molecule has 0 fully saturated rings. The molecule has 1 heterocycles. The summed E-state index contributed by atoms with van der Waals surface area (Å²) in [7, 11) is 0. The van der Waals surface area contributed by atoms with Crippen LogP contribution in [0.25, 0.3) is 0 Å². The zero-order chi connectivity index (χ0) is 35.6. The second-order valence-electron chi connectivity index (χ2n) is 9.31. The van der Waals surface area contributed by atoms with Crippen molar-refractivity contribution in [3.63, 3.8) is 0 Å². The second kappa shape index (κ2) is 25.0. The Morgan fingerprint density at radius 2 is 1.57 bits per heavy atom. The average molecular weight is 680 g/mol. The van der Waals surface area contributed by atoms with Crippen molar-refractivity contribution in [2.45, 2.75) is 77.1 Å². The van der Waals surface area contributed by atoms with Crippen molar-refractivity contribution in [2.75, 3.05) is 39.3 Å². The molecule has 0 radical (unpaired) electrons. The molecule has 14 nitrogen and oxygen atoms in total. The lowest BCUT2D eigenvalue weighted by molar-refractivity contribution is -0.193. The van der Waals surface area contributed by atoms with E-state index in [2.05, 4.69) is 20.6 Å². The number of carbonyl (C=O) groups excluding carboxylic acids is 2. The normalized spacial score (nSPS) is 15.3. The van der Waals surface area contributed by atoms with Gasteiger partial charge in [0.1, 0.15) is 0 Å². The Bertz CT molecular complexity index is 983. The molecule has 266 valence electrons. The van der Waals surface area contributed by atoms with Crippen molar-refractivity contribution in [3.8, 4) is 0 Å². The van der Waals surface area contributed by atoms with E-state index >= 15 is 0 Å². The smallest absolute Gasteiger partial charge is 0.475 e. The van der Waals surface area contributed by atoms with Crippen LogP contribution in [0.15, 0.2) is 22.1 Å². The minimum atomic E-state index is -5.08. The zero-order valence-corrected chi connectivity index (χ0v) is 25.5. The van der Waals surface area contributed by atoms with E-state index in [4.69, 9.17) is 36.0 Å². The fraction of sp³-hybridized carbons (Fsp3) is 0.692. The number of nitrogens with zero attached hydrogens (tertiary/aromatic N) is 3. The Hall–Kier alpha value is -4.26. The topological polar surface area (TPSA) is 222 Å². The number of unbranched alkanes of at least 4 members (excludes halogenated alkanes) is 5. The van der Waals surface area contributed by atoms with Crippen molar-refractivity contribution in [1.29, 1.82) is 0 Å². The number of hydrogen-bond donors (Lipinski definition) is 6. The van der Waals surface area contributed by atoms with Gasteiger partial charge in [0.2, 0.25) is 0 Å². The van der Waals surface area contributed by atoms with Crippen LogP contribution in [-0.4, -0.2) is 103 Å². The number of aliphatic imine (C=N–C) groups is 2. The molecular weight excluding hydrogens is 636 g/mol. The Balaban J connectivity index is 0. The van der Waals surface area contributed by atoms with Gasteiger partial charge in [0.05, 0.1) is 26.1 Å². The highest BCUT2D eigenvalue weighted by Gasteiger charge is 2.38. The second-order valence-corrected chi connectivity index (χ2v) is 9.31. The van der Waals surface area contributed by atoms with E-state index in [9.17, 15) is 35.9 Å².